The zero-order chi connectivity index (χ0) is 24.8. The number of aromatic amines is 1. The fourth-order valence-electron chi connectivity index (χ4n) is 6.42. The summed E-state index contributed by atoms with van der Waals surface area (Å²) in [7, 11) is 0. The highest BCUT2D eigenvalue weighted by molar-refractivity contribution is 7.26. The first kappa shape index (κ1) is 20.4. The zero-order valence-corrected chi connectivity index (χ0v) is 21.3. The first-order chi connectivity index (χ1) is 18.8. The van der Waals surface area contributed by atoms with E-state index in [-0.39, 0.29) is 0 Å². The van der Waals surface area contributed by atoms with Crippen LogP contribution in [0, 0.1) is 0 Å². The molecule has 9 rings (SSSR count). The van der Waals surface area contributed by atoms with Crippen LogP contribution >= 0.6 is 11.3 Å². The molecule has 0 saturated carbocycles. The summed E-state index contributed by atoms with van der Waals surface area (Å²) in [5.41, 5.74) is 4.94. The summed E-state index contributed by atoms with van der Waals surface area (Å²) in [5.74, 6) is 0. The van der Waals surface area contributed by atoms with Gasteiger partial charge in [0, 0.05) is 42.0 Å². The average molecular weight is 500 g/mol. The Morgan fingerprint density at radius 3 is 1.97 bits per heavy atom. The van der Waals surface area contributed by atoms with Crippen LogP contribution in [0.3, 0.4) is 0 Å². The van der Waals surface area contributed by atoms with Gasteiger partial charge >= 0.3 is 0 Å². The maximum Gasteiger partial charge on any atom is 0.0477 e. The Kier molecular flexibility index (Phi) is 3.99. The molecule has 0 atom stereocenters. The van der Waals surface area contributed by atoms with E-state index in [2.05, 4.69) is 126 Å². The highest BCUT2D eigenvalue weighted by atomic mass is 32.1. The van der Waals surface area contributed by atoms with Crippen molar-refractivity contribution in [2.24, 2.45) is 0 Å². The lowest BCUT2D eigenvalue weighted by Crippen LogP contribution is -1.85. The smallest absolute Gasteiger partial charge is 0.0477 e. The molecule has 2 heteroatoms. The minimum atomic E-state index is 1.18. The summed E-state index contributed by atoms with van der Waals surface area (Å²) < 4.78 is 2.68. The zero-order valence-electron chi connectivity index (χ0n) is 20.5. The molecule has 1 nitrogen and oxygen atoms in total. The van der Waals surface area contributed by atoms with E-state index in [9.17, 15) is 0 Å². The molecule has 38 heavy (non-hydrogen) atoms. The second-order valence-corrected chi connectivity index (χ2v) is 11.3. The van der Waals surface area contributed by atoms with E-state index in [4.69, 9.17) is 0 Å². The highest BCUT2D eigenvalue weighted by Crippen LogP contribution is 2.44. The molecule has 0 saturated heterocycles. The molecule has 0 aliphatic rings. The molecule has 9 aromatic rings. The van der Waals surface area contributed by atoms with Gasteiger partial charge in [-0.3, -0.25) is 0 Å². The monoisotopic (exact) mass is 499 g/mol. The molecule has 0 aliphatic carbocycles. The normalized spacial score (nSPS) is 12.2. The molecule has 0 fully saturated rings. The number of benzene rings is 7. The number of aromatic nitrogens is 1. The third-order valence-corrected chi connectivity index (χ3v) is 9.26. The van der Waals surface area contributed by atoms with Gasteiger partial charge in [-0.2, -0.15) is 0 Å². The van der Waals surface area contributed by atoms with E-state index in [0.717, 1.165) is 0 Å². The molecular formula is C36H21NS. The largest absolute Gasteiger partial charge is 0.354 e. The van der Waals surface area contributed by atoms with Crippen molar-refractivity contribution in [3.8, 4) is 11.1 Å². The molecule has 0 bridgehead atoms. The van der Waals surface area contributed by atoms with Crippen LogP contribution in [0.4, 0.5) is 0 Å². The van der Waals surface area contributed by atoms with Crippen molar-refractivity contribution in [2.75, 3.05) is 0 Å². The summed E-state index contributed by atoms with van der Waals surface area (Å²) >= 11 is 1.89. The molecule has 2 aromatic heterocycles. The first-order valence-electron chi connectivity index (χ1n) is 13.0. The van der Waals surface area contributed by atoms with Crippen molar-refractivity contribution in [1.29, 1.82) is 0 Å². The van der Waals surface area contributed by atoms with Gasteiger partial charge in [0.2, 0.25) is 0 Å². The fraction of sp³-hybridized carbons (Fsp3) is 0. The van der Waals surface area contributed by atoms with Gasteiger partial charge in [-0.05, 0) is 79.8 Å². The predicted octanol–water partition coefficient (Wildman–Crippen LogP) is 10.8. The topological polar surface area (TPSA) is 15.8 Å². The van der Waals surface area contributed by atoms with E-state index >= 15 is 0 Å². The SMILES string of the molecule is c1ccc2cc3c(cc2c1)[nH]c1cc2ccccc2c(-c2ccc4sc5ccc6ccccc6c5c4c2)c13. The number of fused-ring (bicyclic) bond motifs is 10. The predicted molar refractivity (Wildman–Crippen MR) is 167 cm³/mol. The van der Waals surface area contributed by atoms with Crippen molar-refractivity contribution < 1.29 is 0 Å². The minimum Gasteiger partial charge on any atom is -0.354 e. The van der Waals surface area contributed by atoms with Gasteiger partial charge in [-0.15, -0.1) is 11.3 Å². The van der Waals surface area contributed by atoms with Crippen LogP contribution in [0.25, 0.3) is 85.4 Å². The average Bonchev–Trinajstić information content (AvgIpc) is 3.52. The molecule has 0 amide bonds. The van der Waals surface area contributed by atoms with Crippen molar-refractivity contribution in [2.45, 2.75) is 0 Å². The summed E-state index contributed by atoms with van der Waals surface area (Å²) in [6.45, 7) is 0. The van der Waals surface area contributed by atoms with Gasteiger partial charge in [-0.1, -0.05) is 84.9 Å². The second-order valence-electron chi connectivity index (χ2n) is 10.2. The van der Waals surface area contributed by atoms with Crippen molar-refractivity contribution >= 4 is 85.6 Å². The van der Waals surface area contributed by atoms with E-state index < -0.39 is 0 Å². The van der Waals surface area contributed by atoms with Crippen LogP contribution in [0.2, 0.25) is 0 Å². The Labute approximate surface area is 222 Å². The van der Waals surface area contributed by atoms with Gasteiger partial charge in [0.1, 0.15) is 0 Å². The van der Waals surface area contributed by atoms with Crippen LogP contribution in [0.15, 0.2) is 121 Å². The van der Waals surface area contributed by atoms with Crippen LogP contribution in [-0.2, 0) is 0 Å². The summed E-state index contributed by atoms with van der Waals surface area (Å²) in [6, 6.07) is 44.8. The van der Waals surface area contributed by atoms with E-state index in [1.54, 1.807) is 0 Å². The Morgan fingerprint density at radius 1 is 0.421 bits per heavy atom. The lowest BCUT2D eigenvalue weighted by molar-refractivity contribution is 1.56. The van der Waals surface area contributed by atoms with Gasteiger partial charge in [0.25, 0.3) is 0 Å². The summed E-state index contributed by atoms with van der Waals surface area (Å²) in [5, 5.41) is 13.0. The molecule has 0 radical (unpaired) electrons. The first-order valence-corrected chi connectivity index (χ1v) is 13.8. The Morgan fingerprint density at radius 2 is 1.11 bits per heavy atom. The third-order valence-electron chi connectivity index (χ3n) is 8.12. The van der Waals surface area contributed by atoms with Crippen molar-refractivity contribution in [3.05, 3.63) is 121 Å². The number of nitrogens with one attached hydrogen (secondary N) is 1. The third kappa shape index (κ3) is 2.75. The second kappa shape index (κ2) is 7.44. The van der Waals surface area contributed by atoms with Crippen LogP contribution in [-0.4, -0.2) is 4.98 Å². The number of H-pyrrole nitrogens is 1. The maximum atomic E-state index is 3.76. The van der Waals surface area contributed by atoms with Gasteiger partial charge < -0.3 is 4.98 Å². The van der Waals surface area contributed by atoms with Crippen LogP contribution < -0.4 is 0 Å². The number of hydrogen-bond donors (Lipinski definition) is 1. The van der Waals surface area contributed by atoms with Gasteiger partial charge in [-0.25, -0.2) is 0 Å². The quantitative estimate of drug-likeness (QED) is 0.231. The Balaban J connectivity index is 1.45. The molecule has 0 aliphatic heterocycles. The number of hydrogen-bond acceptors (Lipinski definition) is 1. The Hall–Kier alpha value is -4.66. The van der Waals surface area contributed by atoms with Crippen LogP contribution in [0.5, 0.6) is 0 Å². The molecule has 7 aromatic carbocycles. The molecular weight excluding hydrogens is 478 g/mol. The highest BCUT2D eigenvalue weighted by Gasteiger charge is 2.17. The van der Waals surface area contributed by atoms with E-state index in [1.165, 1.54) is 85.4 Å². The minimum absolute atomic E-state index is 1.18. The number of rotatable bonds is 1. The molecule has 0 spiro atoms. The lowest BCUT2D eigenvalue weighted by atomic mass is 9.92. The Bertz CT molecular complexity index is 2400. The van der Waals surface area contributed by atoms with E-state index in [0.29, 0.717) is 0 Å². The van der Waals surface area contributed by atoms with Crippen molar-refractivity contribution in [3.63, 3.8) is 0 Å². The summed E-state index contributed by atoms with van der Waals surface area (Å²) in [4.78, 5) is 3.76. The fourth-order valence-corrected chi connectivity index (χ4v) is 7.53. The van der Waals surface area contributed by atoms with Crippen LogP contribution in [0.1, 0.15) is 0 Å². The van der Waals surface area contributed by atoms with Crippen molar-refractivity contribution in [1.82, 2.24) is 4.98 Å². The van der Waals surface area contributed by atoms with E-state index in [1.807, 2.05) is 11.3 Å². The molecule has 0 unspecified atom stereocenters. The van der Waals surface area contributed by atoms with Gasteiger partial charge in [0.15, 0.2) is 0 Å². The molecule has 2 heterocycles. The number of thiophene rings is 1. The lowest BCUT2D eigenvalue weighted by Gasteiger charge is -2.11. The summed E-state index contributed by atoms with van der Waals surface area (Å²) in [6.07, 6.45) is 0. The standard InChI is InChI=1S/C36H21NS/c1-2-9-23-19-30-28(17-22(23)8-1)36-31(37-30)20-24-10-4-6-12-27(24)34(36)25-14-15-32-29(18-25)35-26-11-5-3-7-21(26)13-16-33(35)38-32/h1-20,37H. The van der Waals surface area contributed by atoms with Gasteiger partial charge in [0.05, 0.1) is 0 Å². The maximum absolute atomic E-state index is 3.76. The molecule has 1 N–H and O–H groups in total. The molecule has 176 valence electrons.